The van der Waals surface area contributed by atoms with Crippen LogP contribution in [-0.4, -0.2) is 79.3 Å². The Balaban J connectivity index is 1.60. The number of rotatable bonds is 5. The number of likely N-dealkylation sites (tertiary alicyclic amines) is 1. The van der Waals surface area contributed by atoms with Gasteiger partial charge in [0.25, 0.3) is 0 Å². The van der Waals surface area contributed by atoms with Crippen LogP contribution >= 0.6 is 11.6 Å². The first kappa shape index (κ1) is 19.0. The molecule has 7 heteroatoms. The fourth-order valence-corrected chi connectivity index (χ4v) is 4.05. The normalized spacial score (nSPS) is 26.4. The molecule has 0 radical (unpaired) electrons. The molecule has 0 bridgehead atoms. The molecule has 140 valence electrons. The van der Waals surface area contributed by atoms with Crippen molar-refractivity contribution in [3.8, 4) is 0 Å². The summed E-state index contributed by atoms with van der Waals surface area (Å²) in [6.07, 6.45) is 0. The van der Waals surface area contributed by atoms with Crippen LogP contribution < -0.4 is 0 Å². The van der Waals surface area contributed by atoms with Crippen molar-refractivity contribution in [2.24, 2.45) is 11.8 Å². The zero-order chi connectivity index (χ0) is 18.0. The van der Waals surface area contributed by atoms with Crippen molar-refractivity contribution >= 4 is 11.6 Å². The molecule has 2 atom stereocenters. The predicted molar refractivity (Wildman–Crippen MR) is 94.6 cm³/mol. The summed E-state index contributed by atoms with van der Waals surface area (Å²) in [4.78, 5) is 6.91. The molecule has 0 aliphatic carbocycles. The molecule has 25 heavy (non-hydrogen) atoms. The summed E-state index contributed by atoms with van der Waals surface area (Å²) >= 11 is 5.67. The minimum absolute atomic E-state index is 0.140. The van der Waals surface area contributed by atoms with Crippen molar-refractivity contribution in [3.05, 3.63) is 34.4 Å². The minimum Gasteiger partial charge on any atom is -0.396 e. The van der Waals surface area contributed by atoms with Crippen molar-refractivity contribution in [2.45, 2.75) is 6.54 Å². The average molecular weight is 374 g/mol. The molecule has 2 fully saturated rings. The van der Waals surface area contributed by atoms with Gasteiger partial charge in [0, 0.05) is 64.5 Å². The summed E-state index contributed by atoms with van der Waals surface area (Å²) in [5, 5.41) is 9.29. The third kappa shape index (κ3) is 4.49. The topological polar surface area (TPSA) is 30.0 Å². The number of nitrogens with zero attached hydrogens (tertiary/aromatic N) is 3. The van der Waals surface area contributed by atoms with Crippen LogP contribution in [0.25, 0.3) is 0 Å². The van der Waals surface area contributed by atoms with Crippen LogP contribution in [0, 0.1) is 23.5 Å². The van der Waals surface area contributed by atoms with Gasteiger partial charge >= 0.3 is 0 Å². The Morgan fingerprint density at radius 1 is 1.08 bits per heavy atom. The molecule has 1 aromatic rings. The lowest BCUT2D eigenvalue weighted by Crippen LogP contribution is -2.47. The second kappa shape index (κ2) is 8.27. The van der Waals surface area contributed by atoms with Crippen LogP contribution in [0.2, 0.25) is 5.02 Å². The number of halogens is 3. The first-order valence-electron chi connectivity index (χ1n) is 8.84. The van der Waals surface area contributed by atoms with Gasteiger partial charge < -0.3 is 14.9 Å². The molecule has 0 unspecified atom stereocenters. The number of hydrogen-bond donors (Lipinski definition) is 1. The lowest BCUT2D eigenvalue weighted by molar-refractivity contribution is 0.116. The number of piperazine rings is 1. The van der Waals surface area contributed by atoms with E-state index in [-0.39, 0.29) is 12.5 Å². The molecule has 0 aromatic heterocycles. The Labute approximate surface area is 153 Å². The average Bonchev–Trinajstić information content (AvgIpc) is 2.99. The van der Waals surface area contributed by atoms with Gasteiger partial charge in [0.1, 0.15) is 16.7 Å². The van der Waals surface area contributed by atoms with E-state index in [1.165, 1.54) is 12.1 Å². The van der Waals surface area contributed by atoms with Crippen LogP contribution in [0.4, 0.5) is 8.78 Å². The first-order valence-corrected chi connectivity index (χ1v) is 9.22. The molecule has 2 saturated heterocycles. The van der Waals surface area contributed by atoms with E-state index in [0.717, 1.165) is 45.8 Å². The zero-order valence-electron chi connectivity index (χ0n) is 14.6. The van der Waals surface area contributed by atoms with Crippen molar-refractivity contribution in [3.63, 3.8) is 0 Å². The minimum atomic E-state index is -0.731. The van der Waals surface area contributed by atoms with Crippen LogP contribution in [0.5, 0.6) is 0 Å². The molecule has 2 heterocycles. The lowest BCUT2D eigenvalue weighted by atomic mass is 9.96. The van der Waals surface area contributed by atoms with E-state index in [1.807, 2.05) is 0 Å². The van der Waals surface area contributed by atoms with Gasteiger partial charge in [0.2, 0.25) is 0 Å². The molecule has 2 aliphatic rings. The van der Waals surface area contributed by atoms with E-state index in [1.54, 1.807) is 0 Å². The Kier molecular flexibility index (Phi) is 6.28. The summed E-state index contributed by atoms with van der Waals surface area (Å²) in [6, 6.07) is 2.67. The van der Waals surface area contributed by atoms with E-state index < -0.39 is 16.7 Å². The zero-order valence-corrected chi connectivity index (χ0v) is 15.4. The van der Waals surface area contributed by atoms with Gasteiger partial charge in [-0.2, -0.15) is 0 Å². The number of hydrogen-bond acceptors (Lipinski definition) is 4. The van der Waals surface area contributed by atoms with E-state index in [9.17, 15) is 13.9 Å². The van der Waals surface area contributed by atoms with Gasteiger partial charge in [-0.05, 0) is 24.9 Å². The standard InChI is InChI=1S/C18H26ClF2N3O/c1-22-4-6-23(7-5-22)9-14-10-24(11-15(14)12-25)8-13-2-3-16(20)17(19)18(13)21/h2-3,14-15,25H,4-12H2,1H3/t14-,15-/m1/s1. The Hall–Kier alpha value is -0.790. The molecule has 1 aromatic carbocycles. The van der Waals surface area contributed by atoms with Crippen LogP contribution in [-0.2, 0) is 6.54 Å². The smallest absolute Gasteiger partial charge is 0.149 e. The SMILES string of the molecule is CN1CCN(C[C@@H]2CN(Cc3ccc(F)c(Cl)c3F)C[C@@H]2CO)CC1. The van der Waals surface area contributed by atoms with Gasteiger partial charge in [0.05, 0.1) is 0 Å². The van der Waals surface area contributed by atoms with Gasteiger partial charge in [-0.1, -0.05) is 17.7 Å². The Bertz CT molecular complexity index is 596. The molecule has 3 rings (SSSR count). The summed E-state index contributed by atoms with van der Waals surface area (Å²) in [5.74, 6) is -0.846. The van der Waals surface area contributed by atoms with Crippen LogP contribution in [0.3, 0.4) is 0 Å². The predicted octanol–water partition coefficient (Wildman–Crippen LogP) is 1.91. The molecule has 0 saturated carbocycles. The highest BCUT2D eigenvalue weighted by molar-refractivity contribution is 6.30. The second-order valence-electron chi connectivity index (χ2n) is 7.34. The maximum Gasteiger partial charge on any atom is 0.149 e. The van der Waals surface area contributed by atoms with Crippen molar-refractivity contribution in [2.75, 3.05) is 59.5 Å². The summed E-state index contributed by atoms with van der Waals surface area (Å²) in [7, 11) is 2.13. The van der Waals surface area contributed by atoms with E-state index >= 15 is 0 Å². The van der Waals surface area contributed by atoms with Crippen LogP contribution in [0.1, 0.15) is 5.56 Å². The second-order valence-corrected chi connectivity index (χ2v) is 7.71. The van der Waals surface area contributed by atoms with E-state index in [0.29, 0.717) is 18.0 Å². The maximum atomic E-state index is 14.1. The van der Waals surface area contributed by atoms with Crippen molar-refractivity contribution in [1.82, 2.24) is 14.7 Å². The van der Waals surface area contributed by atoms with E-state index in [4.69, 9.17) is 11.6 Å². The summed E-state index contributed by atoms with van der Waals surface area (Å²) in [6.45, 7) is 7.26. The molecule has 4 nitrogen and oxygen atoms in total. The fraction of sp³-hybridized carbons (Fsp3) is 0.667. The molecular weight excluding hydrogens is 348 g/mol. The number of likely N-dealkylation sites (N-methyl/N-ethyl adjacent to an activating group) is 1. The third-order valence-corrected chi connectivity index (χ3v) is 5.83. The number of aliphatic hydroxyl groups is 1. The fourth-order valence-electron chi connectivity index (χ4n) is 3.87. The first-order chi connectivity index (χ1) is 12.0. The highest BCUT2D eigenvalue weighted by Crippen LogP contribution is 2.28. The summed E-state index contributed by atoms with van der Waals surface area (Å²) in [5.41, 5.74) is 0.406. The lowest BCUT2D eigenvalue weighted by Gasteiger charge is -2.34. The van der Waals surface area contributed by atoms with Gasteiger partial charge in [-0.3, -0.25) is 4.90 Å². The molecule has 1 N–H and O–H groups in total. The highest BCUT2D eigenvalue weighted by Gasteiger charge is 2.34. The van der Waals surface area contributed by atoms with Crippen molar-refractivity contribution < 1.29 is 13.9 Å². The highest BCUT2D eigenvalue weighted by atomic mass is 35.5. The maximum absolute atomic E-state index is 14.1. The van der Waals surface area contributed by atoms with E-state index in [2.05, 4.69) is 21.7 Å². The number of aliphatic hydroxyl groups excluding tert-OH is 1. The Morgan fingerprint density at radius 2 is 1.76 bits per heavy atom. The largest absolute Gasteiger partial charge is 0.396 e. The summed E-state index contributed by atoms with van der Waals surface area (Å²) < 4.78 is 27.5. The van der Waals surface area contributed by atoms with Gasteiger partial charge in [0.15, 0.2) is 0 Å². The van der Waals surface area contributed by atoms with Gasteiger partial charge in [-0.15, -0.1) is 0 Å². The quantitative estimate of drug-likeness (QED) is 0.798. The Morgan fingerprint density at radius 3 is 2.44 bits per heavy atom. The molecular formula is C18H26ClF2N3O. The van der Waals surface area contributed by atoms with Crippen LogP contribution in [0.15, 0.2) is 12.1 Å². The third-order valence-electron chi connectivity index (χ3n) is 5.48. The number of benzene rings is 1. The molecule has 0 spiro atoms. The molecule has 0 amide bonds. The monoisotopic (exact) mass is 373 g/mol. The van der Waals surface area contributed by atoms with Crippen molar-refractivity contribution in [1.29, 1.82) is 0 Å². The molecule has 2 aliphatic heterocycles. The van der Waals surface area contributed by atoms with Gasteiger partial charge in [-0.25, -0.2) is 8.78 Å².